The summed E-state index contributed by atoms with van der Waals surface area (Å²) in [6, 6.07) is 2.44. The molecule has 1 atom stereocenters. The molecule has 0 bridgehead atoms. The fraction of sp³-hybridized carbons (Fsp3) is 0.636. The van der Waals surface area contributed by atoms with Crippen LogP contribution in [0.1, 0.15) is 12.0 Å². The molecule has 0 unspecified atom stereocenters. The number of rotatable bonds is 4. The van der Waals surface area contributed by atoms with Crippen LogP contribution in [0.15, 0.2) is 23.0 Å². The summed E-state index contributed by atoms with van der Waals surface area (Å²) in [5.41, 5.74) is 1.21. The van der Waals surface area contributed by atoms with Crippen molar-refractivity contribution in [3.8, 4) is 0 Å². The number of aliphatic hydroxyl groups excluding tert-OH is 1. The fourth-order valence-corrected chi connectivity index (χ4v) is 2.06. The first kappa shape index (κ1) is 10.7. The molecule has 0 aliphatic carbocycles. The van der Waals surface area contributed by atoms with Crippen molar-refractivity contribution in [2.24, 2.45) is 0 Å². The predicted molar refractivity (Wildman–Crippen MR) is 57.5 cm³/mol. The van der Waals surface area contributed by atoms with Crippen molar-refractivity contribution < 1.29 is 9.52 Å². The molecule has 2 rings (SSSR count). The van der Waals surface area contributed by atoms with Gasteiger partial charge < -0.3 is 14.8 Å². The molecular formula is C11H18N2O2. The maximum absolute atomic E-state index is 8.99. The van der Waals surface area contributed by atoms with Crippen molar-refractivity contribution in [1.82, 2.24) is 10.2 Å². The average Bonchev–Trinajstić information content (AvgIpc) is 2.74. The van der Waals surface area contributed by atoms with Crippen LogP contribution in [-0.2, 0) is 6.54 Å². The molecule has 1 aliphatic heterocycles. The highest BCUT2D eigenvalue weighted by Crippen LogP contribution is 2.12. The number of aliphatic hydroxyl groups is 1. The van der Waals surface area contributed by atoms with Crippen molar-refractivity contribution in [2.45, 2.75) is 19.0 Å². The summed E-state index contributed by atoms with van der Waals surface area (Å²) < 4.78 is 5.06. The van der Waals surface area contributed by atoms with Gasteiger partial charge in [-0.3, -0.25) is 4.90 Å². The summed E-state index contributed by atoms with van der Waals surface area (Å²) in [7, 11) is 0. The van der Waals surface area contributed by atoms with Gasteiger partial charge in [-0.1, -0.05) is 0 Å². The molecule has 0 aromatic carbocycles. The van der Waals surface area contributed by atoms with E-state index in [1.807, 2.05) is 6.07 Å². The lowest BCUT2D eigenvalue weighted by Crippen LogP contribution is -2.50. The Morgan fingerprint density at radius 2 is 2.53 bits per heavy atom. The Morgan fingerprint density at radius 3 is 3.27 bits per heavy atom. The minimum Gasteiger partial charge on any atom is -0.472 e. The molecule has 0 spiro atoms. The first-order valence-electron chi connectivity index (χ1n) is 5.47. The van der Waals surface area contributed by atoms with Crippen LogP contribution in [0, 0.1) is 0 Å². The number of hydrogen-bond donors (Lipinski definition) is 2. The Kier molecular flexibility index (Phi) is 3.77. The second-order valence-corrected chi connectivity index (χ2v) is 3.97. The molecule has 1 aromatic heterocycles. The minimum atomic E-state index is 0.258. The number of nitrogens with zero attached hydrogens (tertiary/aromatic N) is 1. The maximum atomic E-state index is 8.99. The van der Waals surface area contributed by atoms with Crippen LogP contribution in [0.2, 0.25) is 0 Å². The minimum absolute atomic E-state index is 0.258. The van der Waals surface area contributed by atoms with Gasteiger partial charge >= 0.3 is 0 Å². The summed E-state index contributed by atoms with van der Waals surface area (Å²) in [5, 5.41) is 12.3. The van der Waals surface area contributed by atoms with Crippen LogP contribution in [0.5, 0.6) is 0 Å². The lowest BCUT2D eigenvalue weighted by Gasteiger charge is -2.35. The van der Waals surface area contributed by atoms with E-state index in [1.54, 1.807) is 12.5 Å². The molecule has 0 saturated carbocycles. The van der Waals surface area contributed by atoms with Gasteiger partial charge in [-0.05, 0) is 12.5 Å². The predicted octanol–water partition coefficient (Wildman–Crippen LogP) is 0.436. The molecule has 84 valence electrons. The Morgan fingerprint density at radius 1 is 1.60 bits per heavy atom. The summed E-state index contributed by atoms with van der Waals surface area (Å²) >= 11 is 0. The molecule has 0 radical (unpaired) electrons. The van der Waals surface area contributed by atoms with E-state index in [4.69, 9.17) is 9.52 Å². The zero-order chi connectivity index (χ0) is 10.5. The lowest BCUT2D eigenvalue weighted by atomic mass is 10.1. The Bertz CT molecular complexity index is 272. The quantitative estimate of drug-likeness (QED) is 0.757. The first-order valence-corrected chi connectivity index (χ1v) is 5.47. The molecule has 1 saturated heterocycles. The van der Waals surface area contributed by atoms with Crippen LogP contribution in [0.25, 0.3) is 0 Å². The largest absolute Gasteiger partial charge is 0.472 e. The van der Waals surface area contributed by atoms with E-state index < -0.39 is 0 Å². The van der Waals surface area contributed by atoms with Gasteiger partial charge in [0, 0.05) is 44.4 Å². The Labute approximate surface area is 89.9 Å². The number of nitrogens with one attached hydrogen (secondary N) is 1. The number of furan rings is 1. The molecule has 2 N–H and O–H groups in total. The standard InChI is InChI=1S/C11H18N2O2/c14-5-1-11-7-12-3-4-13(11)8-10-2-6-15-9-10/h2,6,9,11-12,14H,1,3-5,7-8H2/t11-/m1/s1. The smallest absolute Gasteiger partial charge is 0.0947 e. The first-order chi connectivity index (χ1) is 7.40. The van der Waals surface area contributed by atoms with Gasteiger partial charge in [-0.15, -0.1) is 0 Å². The van der Waals surface area contributed by atoms with E-state index in [1.165, 1.54) is 5.56 Å². The highest BCUT2D eigenvalue weighted by atomic mass is 16.3. The van der Waals surface area contributed by atoms with Crippen LogP contribution >= 0.6 is 0 Å². The average molecular weight is 210 g/mol. The molecule has 4 nitrogen and oxygen atoms in total. The highest BCUT2D eigenvalue weighted by molar-refractivity contribution is 5.05. The molecule has 2 heterocycles. The summed E-state index contributed by atoms with van der Waals surface area (Å²) in [6.07, 6.45) is 4.33. The SMILES string of the molecule is OCC[C@@H]1CNCCN1Cc1ccoc1. The summed E-state index contributed by atoms with van der Waals surface area (Å²) in [4.78, 5) is 2.40. The maximum Gasteiger partial charge on any atom is 0.0947 e. The van der Waals surface area contributed by atoms with Gasteiger partial charge in [-0.2, -0.15) is 0 Å². The van der Waals surface area contributed by atoms with Gasteiger partial charge in [0.05, 0.1) is 12.5 Å². The lowest BCUT2D eigenvalue weighted by molar-refractivity contribution is 0.123. The summed E-state index contributed by atoms with van der Waals surface area (Å²) in [5.74, 6) is 0. The molecule has 1 aromatic rings. The second kappa shape index (κ2) is 5.30. The van der Waals surface area contributed by atoms with Gasteiger partial charge in [0.15, 0.2) is 0 Å². The zero-order valence-electron chi connectivity index (χ0n) is 8.85. The van der Waals surface area contributed by atoms with Crippen LogP contribution < -0.4 is 5.32 Å². The molecule has 1 fully saturated rings. The third kappa shape index (κ3) is 2.81. The Hall–Kier alpha value is -0.840. The van der Waals surface area contributed by atoms with Crippen molar-refractivity contribution in [3.63, 3.8) is 0 Å². The molecule has 15 heavy (non-hydrogen) atoms. The number of hydrogen-bond acceptors (Lipinski definition) is 4. The third-order valence-corrected chi connectivity index (χ3v) is 2.90. The van der Waals surface area contributed by atoms with Crippen molar-refractivity contribution in [3.05, 3.63) is 24.2 Å². The second-order valence-electron chi connectivity index (χ2n) is 3.97. The highest BCUT2D eigenvalue weighted by Gasteiger charge is 2.21. The van der Waals surface area contributed by atoms with Crippen LogP contribution in [-0.4, -0.2) is 42.3 Å². The molecular weight excluding hydrogens is 192 g/mol. The van der Waals surface area contributed by atoms with E-state index in [2.05, 4.69) is 10.2 Å². The van der Waals surface area contributed by atoms with Crippen molar-refractivity contribution in [2.75, 3.05) is 26.2 Å². The van der Waals surface area contributed by atoms with Crippen molar-refractivity contribution in [1.29, 1.82) is 0 Å². The van der Waals surface area contributed by atoms with Crippen molar-refractivity contribution >= 4 is 0 Å². The van der Waals surface area contributed by atoms with Gasteiger partial charge in [0.1, 0.15) is 0 Å². The normalized spacial score (nSPS) is 23.1. The van der Waals surface area contributed by atoms with Crippen LogP contribution in [0.4, 0.5) is 0 Å². The van der Waals surface area contributed by atoms with E-state index in [9.17, 15) is 0 Å². The van der Waals surface area contributed by atoms with Gasteiger partial charge in [0.2, 0.25) is 0 Å². The Balaban J connectivity index is 1.92. The monoisotopic (exact) mass is 210 g/mol. The van der Waals surface area contributed by atoms with E-state index >= 15 is 0 Å². The van der Waals surface area contributed by atoms with Crippen LogP contribution in [0.3, 0.4) is 0 Å². The molecule has 1 aliphatic rings. The molecule has 4 heteroatoms. The van der Waals surface area contributed by atoms with Gasteiger partial charge in [-0.25, -0.2) is 0 Å². The van der Waals surface area contributed by atoms with E-state index in [0.29, 0.717) is 6.04 Å². The fourth-order valence-electron chi connectivity index (χ4n) is 2.06. The topological polar surface area (TPSA) is 48.6 Å². The van der Waals surface area contributed by atoms with E-state index in [-0.39, 0.29) is 6.61 Å². The molecule has 0 amide bonds. The van der Waals surface area contributed by atoms with Gasteiger partial charge in [0.25, 0.3) is 0 Å². The third-order valence-electron chi connectivity index (χ3n) is 2.90. The van der Waals surface area contributed by atoms with E-state index in [0.717, 1.165) is 32.6 Å². The summed E-state index contributed by atoms with van der Waals surface area (Å²) in [6.45, 7) is 4.21. The number of piperazine rings is 1. The zero-order valence-corrected chi connectivity index (χ0v) is 8.85.